The van der Waals surface area contributed by atoms with E-state index in [2.05, 4.69) is 37.4 Å². The van der Waals surface area contributed by atoms with Crippen LogP contribution < -0.4 is 20.3 Å². The number of rotatable bonds is 6. The van der Waals surface area contributed by atoms with Crippen molar-refractivity contribution < 1.29 is 13.5 Å². The van der Waals surface area contributed by atoms with E-state index in [0.717, 1.165) is 18.9 Å². The number of para-hydroxylation sites is 2. The van der Waals surface area contributed by atoms with Gasteiger partial charge in [0.2, 0.25) is 0 Å². The molecule has 3 rings (SSSR count). The average Bonchev–Trinajstić information content (AvgIpc) is 3.14. The molecule has 7 heteroatoms. The minimum Gasteiger partial charge on any atom is -0.433 e. The molecule has 5 nitrogen and oxygen atoms in total. The molecule has 0 bridgehead atoms. The van der Waals surface area contributed by atoms with Crippen LogP contribution in [-0.4, -0.2) is 38.8 Å². The van der Waals surface area contributed by atoms with E-state index in [1.165, 1.54) is 5.56 Å². The fourth-order valence-electron chi connectivity index (χ4n) is 3.18. The van der Waals surface area contributed by atoms with Gasteiger partial charge in [-0.05, 0) is 24.1 Å². The lowest BCUT2D eigenvalue weighted by Crippen LogP contribution is -2.44. The molecule has 1 fully saturated rings. The zero-order valence-corrected chi connectivity index (χ0v) is 15.2. The first-order valence-corrected chi connectivity index (χ1v) is 8.95. The Balaban J connectivity index is 1.56. The summed E-state index contributed by atoms with van der Waals surface area (Å²) in [6.07, 6.45) is 0.884. The molecule has 144 valence electrons. The molecule has 1 unspecified atom stereocenters. The van der Waals surface area contributed by atoms with Crippen molar-refractivity contribution in [1.82, 2.24) is 10.6 Å². The molecular weight excluding hydrogens is 350 g/mol. The lowest BCUT2D eigenvalue weighted by Gasteiger charge is -2.22. The second kappa shape index (κ2) is 9.21. The van der Waals surface area contributed by atoms with Gasteiger partial charge < -0.3 is 20.3 Å². The van der Waals surface area contributed by atoms with Crippen LogP contribution in [0.3, 0.4) is 0 Å². The fraction of sp³-hybridized carbons (Fsp3) is 0.350. The third-order valence-electron chi connectivity index (χ3n) is 4.48. The van der Waals surface area contributed by atoms with Crippen molar-refractivity contribution in [3.05, 3.63) is 60.2 Å². The molecule has 0 spiro atoms. The first-order chi connectivity index (χ1) is 13.2. The summed E-state index contributed by atoms with van der Waals surface area (Å²) in [6, 6.07) is 17.2. The van der Waals surface area contributed by atoms with E-state index in [-0.39, 0.29) is 11.8 Å². The number of halogens is 2. The standard InChI is InChI=1S/C20H24F2N4O/c1-23-20(24-13-15-7-3-2-4-8-15)25-16-11-12-26(14-16)17-9-5-6-10-18(17)27-19(21)22/h2-10,16,19H,11-14H2,1H3,(H2,23,24,25). The maximum absolute atomic E-state index is 12.6. The van der Waals surface area contributed by atoms with Gasteiger partial charge in [0.05, 0.1) is 5.69 Å². The number of hydrogen-bond acceptors (Lipinski definition) is 3. The molecule has 2 aromatic rings. The Bertz CT molecular complexity index is 755. The van der Waals surface area contributed by atoms with Gasteiger partial charge in [-0.25, -0.2) is 0 Å². The van der Waals surface area contributed by atoms with Gasteiger partial charge in [0.1, 0.15) is 5.75 Å². The third kappa shape index (κ3) is 5.32. The Hall–Kier alpha value is -2.83. The number of alkyl halides is 2. The quantitative estimate of drug-likeness (QED) is 0.602. The summed E-state index contributed by atoms with van der Waals surface area (Å²) in [5, 5.41) is 6.71. The molecule has 0 radical (unpaired) electrons. The number of guanidine groups is 1. The number of nitrogens with zero attached hydrogens (tertiary/aromatic N) is 2. The zero-order valence-electron chi connectivity index (χ0n) is 15.2. The minimum atomic E-state index is -2.83. The normalized spacial score (nSPS) is 17.3. The Morgan fingerprint density at radius 2 is 1.93 bits per heavy atom. The predicted octanol–water partition coefficient (Wildman–Crippen LogP) is 3.23. The first kappa shape index (κ1) is 18.9. The number of aliphatic imine (C=N–C) groups is 1. The van der Waals surface area contributed by atoms with Crippen molar-refractivity contribution in [1.29, 1.82) is 0 Å². The highest BCUT2D eigenvalue weighted by atomic mass is 19.3. The van der Waals surface area contributed by atoms with Crippen LogP contribution in [0.4, 0.5) is 14.5 Å². The highest BCUT2D eigenvalue weighted by Crippen LogP contribution is 2.31. The predicted molar refractivity (Wildman–Crippen MR) is 103 cm³/mol. The average molecular weight is 374 g/mol. The topological polar surface area (TPSA) is 48.9 Å². The molecule has 2 aromatic carbocycles. The number of benzene rings is 2. The Morgan fingerprint density at radius 3 is 2.67 bits per heavy atom. The van der Waals surface area contributed by atoms with Crippen molar-refractivity contribution in [2.75, 3.05) is 25.0 Å². The maximum atomic E-state index is 12.6. The number of nitrogens with one attached hydrogen (secondary N) is 2. The molecule has 1 heterocycles. The van der Waals surface area contributed by atoms with Crippen molar-refractivity contribution in [2.45, 2.75) is 25.6 Å². The summed E-state index contributed by atoms with van der Waals surface area (Å²) in [5.41, 5.74) is 1.86. The first-order valence-electron chi connectivity index (χ1n) is 8.95. The Morgan fingerprint density at radius 1 is 1.19 bits per heavy atom. The molecule has 0 aromatic heterocycles. The summed E-state index contributed by atoms with van der Waals surface area (Å²) in [7, 11) is 1.73. The summed E-state index contributed by atoms with van der Waals surface area (Å²) in [4.78, 5) is 6.33. The highest BCUT2D eigenvalue weighted by Gasteiger charge is 2.25. The molecule has 27 heavy (non-hydrogen) atoms. The largest absolute Gasteiger partial charge is 0.433 e. The molecule has 1 aliphatic rings. The molecular formula is C20H24F2N4O. The van der Waals surface area contributed by atoms with Crippen LogP contribution in [0, 0.1) is 0 Å². The Kier molecular flexibility index (Phi) is 6.46. The molecule has 2 N–H and O–H groups in total. The summed E-state index contributed by atoms with van der Waals surface area (Å²) in [6.45, 7) is -0.696. The molecule has 1 saturated heterocycles. The van der Waals surface area contributed by atoms with E-state index in [9.17, 15) is 8.78 Å². The second-order valence-corrected chi connectivity index (χ2v) is 6.33. The number of anilines is 1. The van der Waals surface area contributed by atoms with E-state index in [1.54, 1.807) is 19.2 Å². The summed E-state index contributed by atoms with van der Waals surface area (Å²) < 4.78 is 29.9. The lowest BCUT2D eigenvalue weighted by molar-refractivity contribution is -0.0495. The van der Waals surface area contributed by atoms with Gasteiger partial charge in [-0.15, -0.1) is 0 Å². The van der Waals surface area contributed by atoms with Crippen LogP contribution in [0.25, 0.3) is 0 Å². The molecule has 0 aliphatic carbocycles. The van der Waals surface area contributed by atoms with Crippen molar-refractivity contribution >= 4 is 11.6 Å². The van der Waals surface area contributed by atoms with E-state index < -0.39 is 6.61 Å². The van der Waals surface area contributed by atoms with Crippen molar-refractivity contribution in [3.8, 4) is 5.75 Å². The summed E-state index contributed by atoms with van der Waals surface area (Å²) in [5.74, 6) is 0.933. The van der Waals surface area contributed by atoms with Crippen LogP contribution in [0.1, 0.15) is 12.0 Å². The maximum Gasteiger partial charge on any atom is 0.387 e. The fourth-order valence-corrected chi connectivity index (χ4v) is 3.18. The molecule has 1 aliphatic heterocycles. The van der Waals surface area contributed by atoms with E-state index in [0.29, 0.717) is 18.8 Å². The van der Waals surface area contributed by atoms with Crippen LogP contribution in [0.2, 0.25) is 0 Å². The highest BCUT2D eigenvalue weighted by molar-refractivity contribution is 5.80. The van der Waals surface area contributed by atoms with Gasteiger partial charge in [-0.2, -0.15) is 8.78 Å². The number of ether oxygens (including phenoxy) is 1. The van der Waals surface area contributed by atoms with E-state index >= 15 is 0 Å². The van der Waals surface area contributed by atoms with Gasteiger partial charge in [-0.1, -0.05) is 42.5 Å². The van der Waals surface area contributed by atoms with Crippen LogP contribution >= 0.6 is 0 Å². The minimum absolute atomic E-state index is 0.173. The molecule has 0 saturated carbocycles. The van der Waals surface area contributed by atoms with Crippen LogP contribution in [-0.2, 0) is 6.54 Å². The monoisotopic (exact) mass is 374 g/mol. The Labute approximate surface area is 158 Å². The zero-order chi connectivity index (χ0) is 19.1. The van der Waals surface area contributed by atoms with E-state index in [1.807, 2.05) is 30.3 Å². The van der Waals surface area contributed by atoms with Gasteiger partial charge in [0, 0.05) is 32.7 Å². The number of hydrogen-bond donors (Lipinski definition) is 2. The second-order valence-electron chi connectivity index (χ2n) is 6.33. The van der Waals surface area contributed by atoms with Crippen molar-refractivity contribution in [2.24, 2.45) is 4.99 Å². The van der Waals surface area contributed by atoms with Gasteiger partial charge >= 0.3 is 6.61 Å². The molecule has 0 amide bonds. The third-order valence-corrected chi connectivity index (χ3v) is 4.48. The summed E-state index contributed by atoms with van der Waals surface area (Å²) >= 11 is 0. The van der Waals surface area contributed by atoms with Gasteiger partial charge in [0.15, 0.2) is 5.96 Å². The van der Waals surface area contributed by atoms with E-state index in [4.69, 9.17) is 0 Å². The SMILES string of the molecule is CN=C(NCc1ccccc1)NC1CCN(c2ccccc2OC(F)F)C1. The van der Waals surface area contributed by atoms with Gasteiger partial charge in [-0.3, -0.25) is 4.99 Å². The van der Waals surface area contributed by atoms with Crippen LogP contribution in [0.5, 0.6) is 5.75 Å². The molecule has 1 atom stereocenters. The smallest absolute Gasteiger partial charge is 0.387 e. The van der Waals surface area contributed by atoms with Crippen LogP contribution in [0.15, 0.2) is 59.6 Å². The van der Waals surface area contributed by atoms with Gasteiger partial charge in [0.25, 0.3) is 0 Å². The van der Waals surface area contributed by atoms with Crippen molar-refractivity contribution in [3.63, 3.8) is 0 Å². The lowest BCUT2D eigenvalue weighted by atomic mass is 10.2.